The normalized spacial score (nSPS) is 14.6. The average molecular weight is 238 g/mol. The third kappa shape index (κ3) is 3.89. The topological polar surface area (TPSA) is 45.5 Å². The summed E-state index contributed by atoms with van der Waals surface area (Å²) in [5, 5.41) is 2.96. The van der Waals surface area contributed by atoms with E-state index < -0.39 is 0 Å². The molecule has 0 bridgehead atoms. The quantitative estimate of drug-likeness (QED) is 0.825. The van der Waals surface area contributed by atoms with E-state index in [-0.39, 0.29) is 17.9 Å². The molecule has 0 fully saturated rings. The van der Waals surface area contributed by atoms with E-state index in [0.29, 0.717) is 6.54 Å². The molecule has 0 aliphatic rings. The number of carbonyl (C=O) groups excluding carboxylic acids is 1. The summed E-state index contributed by atoms with van der Waals surface area (Å²) in [6.07, 6.45) is 2.52. The van der Waals surface area contributed by atoms with Crippen LogP contribution in [0.4, 0.5) is 0 Å². The summed E-state index contributed by atoms with van der Waals surface area (Å²) in [4.78, 5) is 13.7. The molecule has 0 aliphatic heterocycles. The van der Waals surface area contributed by atoms with Crippen molar-refractivity contribution >= 4 is 5.91 Å². The van der Waals surface area contributed by atoms with Gasteiger partial charge in [0.05, 0.1) is 12.3 Å². The number of carbonyl (C=O) groups is 1. The number of hydrogen-bond acceptors (Lipinski definition) is 3. The first-order valence-electron chi connectivity index (χ1n) is 6.03. The third-order valence-corrected chi connectivity index (χ3v) is 3.02. The average Bonchev–Trinajstić information content (AvgIpc) is 2.81. The Morgan fingerprint density at radius 2 is 2.24 bits per heavy atom. The van der Waals surface area contributed by atoms with Crippen molar-refractivity contribution in [2.75, 3.05) is 20.6 Å². The first kappa shape index (κ1) is 13.8. The first-order valence-corrected chi connectivity index (χ1v) is 6.03. The Kier molecular flexibility index (Phi) is 5.22. The highest BCUT2D eigenvalue weighted by atomic mass is 16.3. The maximum Gasteiger partial charge on any atom is 0.222 e. The van der Waals surface area contributed by atoms with Crippen LogP contribution in [-0.2, 0) is 4.79 Å². The van der Waals surface area contributed by atoms with E-state index in [9.17, 15) is 4.79 Å². The van der Waals surface area contributed by atoms with E-state index in [4.69, 9.17) is 4.42 Å². The summed E-state index contributed by atoms with van der Waals surface area (Å²) in [6, 6.07) is 3.88. The zero-order valence-electron chi connectivity index (χ0n) is 11.1. The van der Waals surface area contributed by atoms with E-state index in [1.54, 1.807) is 6.26 Å². The summed E-state index contributed by atoms with van der Waals surface area (Å²) >= 11 is 0. The molecule has 0 unspecified atom stereocenters. The van der Waals surface area contributed by atoms with E-state index in [0.717, 1.165) is 12.2 Å². The fourth-order valence-electron chi connectivity index (χ4n) is 1.58. The summed E-state index contributed by atoms with van der Waals surface area (Å²) in [5.74, 6) is 1.04. The van der Waals surface area contributed by atoms with Crippen molar-refractivity contribution in [2.45, 2.75) is 26.3 Å². The van der Waals surface area contributed by atoms with Crippen LogP contribution >= 0.6 is 0 Å². The van der Waals surface area contributed by atoms with Crippen LogP contribution < -0.4 is 5.32 Å². The Balaban J connectivity index is 2.55. The molecule has 4 heteroatoms. The van der Waals surface area contributed by atoms with Gasteiger partial charge in [0, 0.05) is 12.5 Å². The van der Waals surface area contributed by atoms with Crippen molar-refractivity contribution in [3.63, 3.8) is 0 Å². The fraction of sp³-hybridized carbons (Fsp3) is 0.615. The van der Waals surface area contributed by atoms with Crippen molar-refractivity contribution in [3.8, 4) is 0 Å². The van der Waals surface area contributed by atoms with E-state index >= 15 is 0 Å². The standard InChI is InChI=1S/C13H22N2O2/c1-5-10(2)13(16)14-9-11(15(3)4)12-7-6-8-17-12/h6-8,10-11H,5,9H2,1-4H3,(H,14,16)/t10-,11-/m1/s1. The van der Waals surface area contributed by atoms with E-state index in [1.165, 1.54) is 0 Å². The summed E-state index contributed by atoms with van der Waals surface area (Å²) in [7, 11) is 3.95. The van der Waals surface area contributed by atoms with Crippen LogP contribution in [0.25, 0.3) is 0 Å². The smallest absolute Gasteiger partial charge is 0.222 e. The second-order valence-electron chi connectivity index (χ2n) is 4.55. The van der Waals surface area contributed by atoms with Gasteiger partial charge in [-0.15, -0.1) is 0 Å². The van der Waals surface area contributed by atoms with Crippen molar-refractivity contribution in [1.29, 1.82) is 0 Å². The van der Waals surface area contributed by atoms with E-state index in [2.05, 4.69) is 5.32 Å². The SMILES string of the molecule is CC[C@@H](C)C(=O)NC[C@H](c1ccco1)N(C)C. The number of amides is 1. The Labute approximate surface area is 103 Å². The van der Waals surface area contributed by atoms with Crippen LogP contribution in [0.2, 0.25) is 0 Å². The predicted molar refractivity (Wildman–Crippen MR) is 67.6 cm³/mol. The number of hydrogen-bond donors (Lipinski definition) is 1. The first-order chi connectivity index (χ1) is 8.06. The molecule has 1 rings (SSSR count). The lowest BCUT2D eigenvalue weighted by molar-refractivity contribution is -0.124. The minimum absolute atomic E-state index is 0.0643. The maximum absolute atomic E-state index is 11.7. The summed E-state index contributed by atoms with van der Waals surface area (Å²) < 4.78 is 5.38. The minimum atomic E-state index is 0.0643. The molecule has 4 nitrogen and oxygen atoms in total. The third-order valence-electron chi connectivity index (χ3n) is 3.02. The van der Waals surface area contributed by atoms with Gasteiger partial charge < -0.3 is 9.73 Å². The maximum atomic E-state index is 11.7. The minimum Gasteiger partial charge on any atom is -0.468 e. The fourth-order valence-corrected chi connectivity index (χ4v) is 1.58. The largest absolute Gasteiger partial charge is 0.468 e. The molecule has 0 aromatic carbocycles. The van der Waals surface area contributed by atoms with Crippen molar-refractivity contribution < 1.29 is 9.21 Å². The molecule has 1 aromatic rings. The molecule has 17 heavy (non-hydrogen) atoms. The van der Waals surface area contributed by atoms with Crippen LogP contribution in [0.5, 0.6) is 0 Å². The van der Waals surface area contributed by atoms with Crippen LogP contribution in [-0.4, -0.2) is 31.4 Å². The highest BCUT2D eigenvalue weighted by molar-refractivity contribution is 5.78. The Bertz CT molecular complexity index is 333. The summed E-state index contributed by atoms with van der Waals surface area (Å²) in [6.45, 7) is 4.52. The van der Waals surface area contributed by atoms with Gasteiger partial charge in [-0.05, 0) is 32.6 Å². The lowest BCUT2D eigenvalue weighted by Gasteiger charge is -2.23. The second kappa shape index (κ2) is 6.45. The van der Waals surface area contributed by atoms with Crippen LogP contribution in [0, 0.1) is 5.92 Å². The Morgan fingerprint density at radius 1 is 1.53 bits per heavy atom. The number of likely N-dealkylation sites (N-methyl/N-ethyl adjacent to an activating group) is 1. The lowest BCUT2D eigenvalue weighted by atomic mass is 10.1. The highest BCUT2D eigenvalue weighted by Gasteiger charge is 2.19. The molecule has 2 atom stereocenters. The molecule has 1 amide bonds. The zero-order valence-corrected chi connectivity index (χ0v) is 11.1. The van der Waals surface area contributed by atoms with Crippen molar-refractivity contribution in [3.05, 3.63) is 24.2 Å². The van der Waals surface area contributed by atoms with Gasteiger partial charge in [0.1, 0.15) is 5.76 Å². The Hall–Kier alpha value is -1.29. The molecule has 0 saturated carbocycles. The number of nitrogens with one attached hydrogen (secondary N) is 1. The van der Waals surface area contributed by atoms with Gasteiger partial charge in [-0.25, -0.2) is 0 Å². The predicted octanol–water partition coefficient (Wildman–Crippen LogP) is 2.04. The van der Waals surface area contributed by atoms with Crippen molar-refractivity contribution in [1.82, 2.24) is 10.2 Å². The number of nitrogens with zero attached hydrogens (tertiary/aromatic N) is 1. The van der Waals surface area contributed by atoms with Gasteiger partial charge in [0.15, 0.2) is 0 Å². The molecule has 0 radical (unpaired) electrons. The molecule has 0 spiro atoms. The highest BCUT2D eigenvalue weighted by Crippen LogP contribution is 2.17. The van der Waals surface area contributed by atoms with Gasteiger partial charge >= 0.3 is 0 Å². The lowest BCUT2D eigenvalue weighted by Crippen LogP contribution is -2.36. The van der Waals surface area contributed by atoms with Gasteiger partial charge in [0.2, 0.25) is 5.91 Å². The molecule has 96 valence electrons. The van der Waals surface area contributed by atoms with Gasteiger partial charge in [-0.1, -0.05) is 13.8 Å². The Morgan fingerprint density at radius 3 is 2.71 bits per heavy atom. The molecule has 0 aliphatic carbocycles. The van der Waals surface area contributed by atoms with E-state index in [1.807, 2.05) is 45.0 Å². The van der Waals surface area contributed by atoms with Gasteiger partial charge in [-0.3, -0.25) is 9.69 Å². The molecule has 1 aromatic heterocycles. The van der Waals surface area contributed by atoms with Gasteiger partial charge in [-0.2, -0.15) is 0 Å². The van der Waals surface area contributed by atoms with Crippen molar-refractivity contribution in [2.24, 2.45) is 5.92 Å². The molecule has 1 N–H and O–H groups in total. The molecule has 0 saturated heterocycles. The number of furan rings is 1. The molecular formula is C13H22N2O2. The zero-order chi connectivity index (χ0) is 12.8. The number of rotatable bonds is 6. The molecular weight excluding hydrogens is 216 g/mol. The van der Waals surface area contributed by atoms with Crippen LogP contribution in [0.15, 0.2) is 22.8 Å². The monoisotopic (exact) mass is 238 g/mol. The molecule has 1 heterocycles. The van der Waals surface area contributed by atoms with Crippen LogP contribution in [0.1, 0.15) is 32.1 Å². The van der Waals surface area contributed by atoms with Crippen LogP contribution in [0.3, 0.4) is 0 Å². The summed E-state index contributed by atoms with van der Waals surface area (Å²) in [5.41, 5.74) is 0. The second-order valence-corrected chi connectivity index (χ2v) is 4.55. The van der Waals surface area contributed by atoms with Gasteiger partial charge in [0.25, 0.3) is 0 Å².